The number of alkyl halides is 3. The molecule has 1 heterocycles. The minimum atomic E-state index is -4.43. The molecule has 0 unspecified atom stereocenters. The largest absolute Gasteiger partial charge is 0.482 e. The van der Waals surface area contributed by atoms with Crippen molar-refractivity contribution in [2.24, 2.45) is 0 Å². The van der Waals surface area contributed by atoms with Gasteiger partial charge in [0.1, 0.15) is 12.3 Å². The molecule has 0 spiro atoms. The lowest BCUT2D eigenvalue weighted by molar-refractivity contribution is -0.139. The Morgan fingerprint density at radius 3 is 2.70 bits per heavy atom. The summed E-state index contributed by atoms with van der Waals surface area (Å²) >= 11 is 0. The molecule has 8 heteroatoms. The molecule has 0 fully saturated rings. The third kappa shape index (κ3) is 6.93. The number of rotatable bonds is 7. The van der Waals surface area contributed by atoms with Crippen molar-refractivity contribution in [2.45, 2.75) is 19.6 Å². The highest BCUT2D eigenvalue weighted by molar-refractivity contribution is 5.77. The molecular formula is C12H16F3N3O2. The number of aromatic nitrogens is 1. The lowest BCUT2D eigenvalue weighted by atomic mass is 10.3. The van der Waals surface area contributed by atoms with Crippen molar-refractivity contribution < 1.29 is 22.7 Å². The molecular weight excluding hydrogens is 275 g/mol. The maximum Gasteiger partial charge on any atom is 0.405 e. The van der Waals surface area contributed by atoms with Crippen LogP contribution in [0.4, 0.5) is 13.2 Å². The van der Waals surface area contributed by atoms with E-state index in [0.29, 0.717) is 12.3 Å². The third-order valence-corrected chi connectivity index (χ3v) is 2.21. The molecule has 1 aromatic rings. The zero-order valence-corrected chi connectivity index (χ0v) is 11.0. The highest BCUT2D eigenvalue weighted by Gasteiger charge is 2.27. The minimum Gasteiger partial charge on any atom is -0.482 e. The van der Waals surface area contributed by atoms with Gasteiger partial charge in [-0.3, -0.25) is 9.78 Å². The van der Waals surface area contributed by atoms with Crippen LogP contribution in [0.3, 0.4) is 0 Å². The molecule has 0 bridgehead atoms. The molecule has 1 aromatic heterocycles. The van der Waals surface area contributed by atoms with E-state index >= 15 is 0 Å². The first-order valence-corrected chi connectivity index (χ1v) is 6.02. The van der Waals surface area contributed by atoms with Crippen molar-refractivity contribution >= 4 is 5.91 Å². The molecule has 0 aromatic carbocycles. The van der Waals surface area contributed by atoms with Crippen LogP contribution in [-0.2, 0) is 11.3 Å². The van der Waals surface area contributed by atoms with Gasteiger partial charge in [-0.15, -0.1) is 0 Å². The van der Waals surface area contributed by atoms with Gasteiger partial charge in [-0.05, 0) is 18.7 Å². The van der Waals surface area contributed by atoms with Crippen LogP contribution in [0.1, 0.15) is 12.6 Å². The average molecular weight is 291 g/mol. The van der Waals surface area contributed by atoms with Crippen LogP contribution in [0.25, 0.3) is 0 Å². The quantitative estimate of drug-likeness (QED) is 0.793. The topological polar surface area (TPSA) is 63.2 Å². The van der Waals surface area contributed by atoms with Gasteiger partial charge in [0.2, 0.25) is 0 Å². The first-order valence-electron chi connectivity index (χ1n) is 6.02. The van der Waals surface area contributed by atoms with Crippen molar-refractivity contribution in [1.82, 2.24) is 15.6 Å². The molecule has 0 aliphatic carbocycles. The second-order valence-electron chi connectivity index (χ2n) is 3.95. The van der Waals surface area contributed by atoms with E-state index in [1.165, 1.54) is 6.20 Å². The van der Waals surface area contributed by atoms with Gasteiger partial charge < -0.3 is 15.4 Å². The highest BCUT2D eigenvalue weighted by atomic mass is 19.4. The summed E-state index contributed by atoms with van der Waals surface area (Å²) in [6.07, 6.45) is -3.01. The van der Waals surface area contributed by atoms with E-state index in [0.717, 1.165) is 12.2 Å². The van der Waals surface area contributed by atoms with Crippen LogP contribution in [0.15, 0.2) is 18.3 Å². The summed E-state index contributed by atoms with van der Waals surface area (Å²) in [7, 11) is 0. The zero-order chi connectivity index (χ0) is 15.0. The first-order chi connectivity index (χ1) is 9.40. The number of carbonyl (C=O) groups is 1. The number of ether oxygens (including phenoxy) is 1. The summed E-state index contributed by atoms with van der Waals surface area (Å²) in [4.78, 5) is 15.2. The van der Waals surface area contributed by atoms with Crippen LogP contribution in [0.5, 0.6) is 5.75 Å². The second-order valence-corrected chi connectivity index (χ2v) is 3.95. The Morgan fingerprint density at radius 1 is 1.40 bits per heavy atom. The summed E-state index contributed by atoms with van der Waals surface area (Å²) in [5.74, 6) is -0.508. The fourth-order valence-corrected chi connectivity index (χ4v) is 1.25. The van der Waals surface area contributed by atoms with Crippen LogP contribution in [-0.4, -0.2) is 36.8 Å². The van der Waals surface area contributed by atoms with Crippen LogP contribution >= 0.6 is 0 Å². The van der Waals surface area contributed by atoms with Crippen molar-refractivity contribution in [3.63, 3.8) is 0 Å². The molecule has 0 saturated carbocycles. The maximum atomic E-state index is 11.9. The molecule has 20 heavy (non-hydrogen) atoms. The molecule has 112 valence electrons. The SMILES string of the molecule is CCNCc1ccc(OCC(=O)NCC(F)(F)F)cn1. The Kier molecular flexibility index (Phi) is 6.23. The molecule has 5 nitrogen and oxygen atoms in total. The summed E-state index contributed by atoms with van der Waals surface area (Å²) < 4.78 is 40.6. The van der Waals surface area contributed by atoms with Crippen molar-refractivity contribution in [2.75, 3.05) is 19.7 Å². The van der Waals surface area contributed by atoms with Gasteiger partial charge in [-0.1, -0.05) is 6.92 Å². The standard InChI is InChI=1S/C12H16F3N3O2/c1-2-16-5-9-3-4-10(6-17-9)20-7-11(19)18-8-12(13,14)15/h3-4,6,16H,2,5,7-8H2,1H3,(H,18,19). The number of nitrogens with zero attached hydrogens (tertiary/aromatic N) is 1. The summed E-state index contributed by atoms with van der Waals surface area (Å²) in [6.45, 7) is 1.55. The van der Waals surface area contributed by atoms with Gasteiger partial charge in [0.05, 0.1) is 11.9 Å². The fraction of sp³-hybridized carbons (Fsp3) is 0.500. The van der Waals surface area contributed by atoms with Crippen molar-refractivity contribution in [1.29, 1.82) is 0 Å². The van der Waals surface area contributed by atoms with E-state index in [1.807, 2.05) is 6.92 Å². The molecule has 0 aliphatic heterocycles. The van der Waals surface area contributed by atoms with Gasteiger partial charge in [0, 0.05) is 6.54 Å². The predicted molar refractivity (Wildman–Crippen MR) is 66.2 cm³/mol. The Morgan fingerprint density at radius 2 is 2.15 bits per heavy atom. The third-order valence-electron chi connectivity index (χ3n) is 2.21. The Bertz CT molecular complexity index is 421. The van der Waals surface area contributed by atoms with E-state index in [9.17, 15) is 18.0 Å². The lowest BCUT2D eigenvalue weighted by Crippen LogP contribution is -2.36. The van der Waals surface area contributed by atoms with E-state index in [4.69, 9.17) is 4.74 Å². The van der Waals surface area contributed by atoms with E-state index in [2.05, 4.69) is 10.3 Å². The number of amides is 1. The van der Waals surface area contributed by atoms with Crippen molar-refractivity contribution in [3.05, 3.63) is 24.0 Å². The molecule has 1 amide bonds. The average Bonchev–Trinajstić information content (AvgIpc) is 2.41. The number of nitrogens with one attached hydrogen (secondary N) is 2. The van der Waals surface area contributed by atoms with E-state index in [1.54, 1.807) is 17.4 Å². The highest BCUT2D eigenvalue weighted by Crippen LogP contribution is 2.12. The van der Waals surface area contributed by atoms with Gasteiger partial charge >= 0.3 is 6.18 Å². The zero-order valence-electron chi connectivity index (χ0n) is 11.0. The molecule has 0 saturated heterocycles. The number of carbonyl (C=O) groups excluding carboxylic acids is 1. The molecule has 0 atom stereocenters. The number of hydrogen-bond donors (Lipinski definition) is 2. The van der Waals surface area contributed by atoms with E-state index < -0.39 is 25.2 Å². The lowest BCUT2D eigenvalue weighted by Gasteiger charge is -2.09. The van der Waals surface area contributed by atoms with Gasteiger partial charge in [-0.2, -0.15) is 13.2 Å². The maximum absolute atomic E-state index is 11.9. The first kappa shape index (κ1) is 16.2. The Balaban J connectivity index is 2.32. The predicted octanol–water partition coefficient (Wildman–Crippen LogP) is 1.25. The summed E-state index contributed by atoms with van der Waals surface area (Å²) in [5, 5.41) is 4.80. The summed E-state index contributed by atoms with van der Waals surface area (Å²) in [5.41, 5.74) is 0.806. The van der Waals surface area contributed by atoms with Crippen LogP contribution < -0.4 is 15.4 Å². The molecule has 1 rings (SSSR count). The van der Waals surface area contributed by atoms with Crippen molar-refractivity contribution in [3.8, 4) is 5.75 Å². The van der Waals surface area contributed by atoms with Gasteiger partial charge in [-0.25, -0.2) is 0 Å². The fourth-order valence-electron chi connectivity index (χ4n) is 1.25. The Labute approximate surface area is 114 Å². The number of hydrogen-bond acceptors (Lipinski definition) is 4. The molecule has 0 radical (unpaired) electrons. The second kappa shape index (κ2) is 7.68. The Hall–Kier alpha value is -1.83. The molecule has 0 aliphatic rings. The van der Waals surface area contributed by atoms with E-state index in [-0.39, 0.29) is 0 Å². The number of pyridine rings is 1. The minimum absolute atomic E-state index is 0.326. The van der Waals surface area contributed by atoms with Gasteiger partial charge in [0.25, 0.3) is 5.91 Å². The number of halogens is 3. The monoisotopic (exact) mass is 291 g/mol. The normalized spacial score (nSPS) is 11.2. The molecule has 2 N–H and O–H groups in total. The smallest absolute Gasteiger partial charge is 0.405 e. The van der Waals surface area contributed by atoms with Crippen LogP contribution in [0, 0.1) is 0 Å². The van der Waals surface area contributed by atoms with Gasteiger partial charge in [0.15, 0.2) is 6.61 Å². The van der Waals surface area contributed by atoms with Crippen LogP contribution in [0.2, 0.25) is 0 Å². The summed E-state index contributed by atoms with van der Waals surface area (Å²) in [6, 6.07) is 3.32.